The smallest absolute Gasteiger partial charge is 0.317 e. The number of amides is 3. The molecule has 0 aliphatic carbocycles. The fourth-order valence-electron chi connectivity index (χ4n) is 2.03. The number of piperazine rings is 1. The number of carbonyl (C=O) groups excluding carboxylic acids is 2. The second-order valence-electron chi connectivity index (χ2n) is 4.67. The largest absolute Gasteiger partial charge is 0.492 e. The molecular formula is C14H18BrN3O3. The Morgan fingerprint density at radius 1 is 1.33 bits per heavy atom. The summed E-state index contributed by atoms with van der Waals surface area (Å²) in [5.41, 5.74) is 0. The summed E-state index contributed by atoms with van der Waals surface area (Å²) in [4.78, 5) is 25.9. The molecule has 1 aromatic carbocycles. The summed E-state index contributed by atoms with van der Waals surface area (Å²) in [6.45, 7) is 3.17. The van der Waals surface area contributed by atoms with E-state index in [1.54, 1.807) is 9.80 Å². The van der Waals surface area contributed by atoms with Gasteiger partial charge in [-0.2, -0.15) is 0 Å². The van der Waals surface area contributed by atoms with Gasteiger partial charge in [-0.25, -0.2) is 4.79 Å². The number of carbonyl (C=O) groups is 2. The van der Waals surface area contributed by atoms with Crippen LogP contribution in [0.15, 0.2) is 28.7 Å². The predicted octanol–water partition coefficient (Wildman–Crippen LogP) is 1.31. The van der Waals surface area contributed by atoms with Crippen molar-refractivity contribution in [3.8, 4) is 5.75 Å². The Labute approximate surface area is 132 Å². The van der Waals surface area contributed by atoms with E-state index in [2.05, 4.69) is 21.2 Å². The molecule has 0 atom stereocenters. The van der Waals surface area contributed by atoms with Crippen LogP contribution >= 0.6 is 15.9 Å². The van der Waals surface area contributed by atoms with E-state index in [1.165, 1.54) is 0 Å². The van der Waals surface area contributed by atoms with Gasteiger partial charge in [0.25, 0.3) is 0 Å². The SMILES string of the molecule is O=CN1CCN(C(=O)NCCOc2cccc(Br)c2)CC1. The van der Waals surface area contributed by atoms with Gasteiger partial charge in [0.1, 0.15) is 12.4 Å². The summed E-state index contributed by atoms with van der Waals surface area (Å²) in [5, 5.41) is 2.81. The van der Waals surface area contributed by atoms with Crippen LogP contribution in [0.3, 0.4) is 0 Å². The van der Waals surface area contributed by atoms with Gasteiger partial charge in [0.2, 0.25) is 6.41 Å². The molecule has 7 heteroatoms. The lowest BCUT2D eigenvalue weighted by Gasteiger charge is -2.32. The third kappa shape index (κ3) is 4.93. The summed E-state index contributed by atoms with van der Waals surface area (Å²) in [6.07, 6.45) is 0.821. The van der Waals surface area contributed by atoms with Crippen LogP contribution in [0.25, 0.3) is 0 Å². The maximum absolute atomic E-state index is 11.9. The molecule has 1 saturated heterocycles. The van der Waals surface area contributed by atoms with E-state index in [9.17, 15) is 9.59 Å². The molecule has 1 aromatic rings. The number of halogens is 1. The molecule has 1 aliphatic rings. The van der Waals surface area contributed by atoms with Crippen molar-refractivity contribution < 1.29 is 14.3 Å². The van der Waals surface area contributed by atoms with Crippen molar-refractivity contribution in [3.05, 3.63) is 28.7 Å². The molecule has 0 saturated carbocycles. The molecule has 1 heterocycles. The van der Waals surface area contributed by atoms with E-state index in [0.29, 0.717) is 39.3 Å². The number of benzene rings is 1. The highest BCUT2D eigenvalue weighted by molar-refractivity contribution is 9.10. The number of nitrogens with one attached hydrogen (secondary N) is 1. The van der Waals surface area contributed by atoms with Crippen molar-refractivity contribution in [2.45, 2.75) is 0 Å². The average molecular weight is 356 g/mol. The van der Waals surface area contributed by atoms with E-state index < -0.39 is 0 Å². The topological polar surface area (TPSA) is 61.9 Å². The van der Waals surface area contributed by atoms with Crippen LogP contribution in [0.1, 0.15) is 0 Å². The van der Waals surface area contributed by atoms with Gasteiger partial charge in [-0.15, -0.1) is 0 Å². The summed E-state index contributed by atoms with van der Waals surface area (Å²) >= 11 is 3.37. The van der Waals surface area contributed by atoms with E-state index >= 15 is 0 Å². The lowest BCUT2D eigenvalue weighted by molar-refractivity contribution is -0.119. The quantitative estimate of drug-likeness (QED) is 0.639. The molecule has 1 fully saturated rings. The molecule has 2 rings (SSSR count). The average Bonchev–Trinajstić information content (AvgIpc) is 2.51. The summed E-state index contributed by atoms with van der Waals surface area (Å²) in [7, 11) is 0. The molecule has 0 spiro atoms. The monoisotopic (exact) mass is 355 g/mol. The van der Waals surface area contributed by atoms with Crippen molar-refractivity contribution in [3.63, 3.8) is 0 Å². The molecule has 0 radical (unpaired) electrons. The van der Waals surface area contributed by atoms with E-state index in [4.69, 9.17) is 4.74 Å². The normalized spacial score (nSPS) is 14.7. The van der Waals surface area contributed by atoms with Crippen molar-refractivity contribution in [1.82, 2.24) is 15.1 Å². The highest BCUT2D eigenvalue weighted by Gasteiger charge is 2.19. The van der Waals surface area contributed by atoms with Crippen molar-refractivity contribution in [1.29, 1.82) is 0 Å². The Kier molecular flexibility index (Phi) is 5.86. The summed E-state index contributed by atoms with van der Waals surface area (Å²) in [5.74, 6) is 0.762. The minimum absolute atomic E-state index is 0.113. The van der Waals surface area contributed by atoms with Gasteiger partial charge in [0.05, 0.1) is 6.54 Å². The summed E-state index contributed by atoms with van der Waals surface area (Å²) < 4.78 is 6.50. The minimum Gasteiger partial charge on any atom is -0.492 e. The molecule has 0 aromatic heterocycles. The number of ether oxygens (including phenoxy) is 1. The number of urea groups is 1. The van der Waals surface area contributed by atoms with Gasteiger partial charge in [-0.05, 0) is 18.2 Å². The van der Waals surface area contributed by atoms with Crippen LogP contribution in [0.5, 0.6) is 5.75 Å². The van der Waals surface area contributed by atoms with E-state index in [0.717, 1.165) is 16.6 Å². The van der Waals surface area contributed by atoms with Crippen LogP contribution in [0.4, 0.5) is 4.79 Å². The van der Waals surface area contributed by atoms with E-state index in [1.807, 2.05) is 24.3 Å². The fourth-order valence-corrected chi connectivity index (χ4v) is 2.40. The van der Waals surface area contributed by atoms with E-state index in [-0.39, 0.29) is 6.03 Å². The maximum atomic E-state index is 11.9. The van der Waals surface area contributed by atoms with Gasteiger partial charge >= 0.3 is 6.03 Å². The summed E-state index contributed by atoms with van der Waals surface area (Å²) in [6, 6.07) is 7.45. The van der Waals surface area contributed by atoms with Gasteiger partial charge in [0.15, 0.2) is 0 Å². The van der Waals surface area contributed by atoms with Crippen LogP contribution in [-0.4, -0.2) is 61.6 Å². The van der Waals surface area contributed by atoms with Crippen LogP contribution in [0, 0.1) is 0 Å². The second kappa shape index (κ2) is 7.87. The fraction of sp³-hybridized carbons (Fsp3) is 0.429. The number of hydrogen-bond donors (Lipinski definition) is 1. The highest BCUT2D eigenvalue weighted by Crippen LogP contribution is 2.17. The van der Waals surface area contributed by atoms with Crippen molar-refractivity contribution >= 4 is 28.4 Å². The zero-order valence-electron chi connectivity index (χ0n) is 11.6. The number of nitrogens with zero attached hydrogens (tertiary/aromatic N) is 2. The van der Waals surface area contributed by atoms with Crippen LogP contribution < -0.4 is 10.1 Å². The molecule has 1 aliphatic heterocycles. The zero-order valence-corrected chi connectivity index (χ0v) is 13.2. The van der Waals surface area contributed by atoms with Gasteiger partial charge in [-0.3, -0.25) is 4.79 Å². The first-order valence-electron chi connectivity index (χ1n) is 6.79. The van der Waals surface area contributed by atoms with Gasteiger partial charge in [0, 0.05) is 30.7 Å². The molecule has 3 amide bonds. The Bertz CT molecular complexity index is 490. The maximum Gasteiger partial charge on any atom is 0.317 e. The molecule has 21 heavy (non-hydrogen) atoms. The Morgan fingerprint density at radius 2 is 2.10 bits per heavy atom. The molecule has 0 unspecified atom stereocenters. The van der Waals surface area contributed by atoms with Crippen LogP contribution in [-0.2, 0) is 4.79 Å². The van der Waals surface area contributed by atoms with Gasteiger partial charge < -0.3 is 19.9 Å². The standard InChI is InChI=1S/C14H18BrN3O3/c15-12-2-1-3-13(10-12)21-9-4-16-14(20)18-7-5-17(11-19)6-8-18/h1-3,10-11H,4-9H2,(H,16,20). The molecule has 6 nitrogen and oxygen atoms in total. The third-order valence-corrected chi connectivity index (χ3v) is 3.69. The lowest BCUT2D eigenvalue weighted by atomic mass is 10.3. The second-order valence-corrected chi connectivity index (χ2v) is 5.58. The third-order valence-electron chi connectivity index (χ3n) is 3.19. The van der Waals surface area contributed by atoms with Crippen molar-refractivity contribution in [2.75, 3.05) is 39.3 Å². The molecular weight excluding hydrogens is 338 g/mol. The Morgan fingerprint density at radius 3 is 2.76 bits per heavy atom. The predicted molar refractivity (Wildman–Crippen MR) is 82.2 cm³/mol. The van der Waals surface area contributed by atoms with Crippen molar-refractivity contribution in [2.24, 2.45) is 0 Å². The molecule has 1 N–H and O–H groups in total. The Balaban J connectivity index is 1.64. The first kappa shape index (κ1) is 15.6. The molecule has 0 bridgehead atoms. The minimum atomic E-state index is -0.113. The number of hydrogen-bond acceptors (Lipinski definition) is 3. The zero-order chi connectivity index (χ0) is 15.1. The Hall–Kier alpha value is -1.76. The lowest BCUT2D eigenvalue weighted by Crippen LogP contribution is -2.51. The molecule has 114 valence electrons. The van der Waals surface area contributed by atoms with Crippen LogP contribution in [0.2, 0.25) is 0 Å². The first-order valence-corrected chi connectivity index (χ1v) is 7.59. The first-order chi connectivity index (χ1) is 10.2. The highest BCUT2D eigenvalue weighted by atomic mass is 79.9. The number of rotatable bonds is 5. The van der Waals surface area contributed by atoms with Gasteiger partial charge in [-0.1, -0.05) is 22.0 Å².